The molecule has 3 rings (SSSR count). The van der Waals surface area contributed by atoms with Crippen LogP contribution in [0.5, 0.6) is 0 Å². The summed E-state index contributed by atoms with van der Waals surface area (Å²) in [5.74, 6) is 0.706. The second-order valence-corrected chi connectivity index (χ2v) is 7.12. The normalized spacial score (nSPS) is 31.1. The molecule has 0 amide bonds. The van der Waals surface area contributed by atoms with Crippen LogP contribution in [0.2, 0.25) is 0 Å². The molecule has 1 saturated heterocycles. The summed E-state index contributed by atoms with van der Waals surface area (Å²) in [7, 11) is 4.29. The maximum Gasteiger partial charge on any atom is 0.338 e. The number of carbonyl (C=O) groups is 1. The van der Waals surface area contributed by atoms with Gasteiger partial charge < -0.3 is 14.5 Å². The number of fused-ring (bicyclic) bond motifs is 2. The Labute approximate surface area is 139 Å². The highest BCUT2D eigenvalue weighted by molar-refractivity contribution is 5.89. The summed E-state index contributed by atoms with van der Waals surface area (Å²) in [6.07, 6.45) is 2.40. The molecule has 4 nitrogen and oxygen atoms in total. The maximum absolute atomic E-state index is 12.5. The van der Waals surface area contributed by atoms with Gasteiger partial charge >= 0.3 is 5.97 Å². The van der Waals surface area contributed by atoms with Crippen molar-refractivity contribution in [1.82, 2.24) is 9.80 Å². The lowest BCUT2D eigenvalue weighted by Gasteiger charge is -2.51. The van der Waals surface area contributed by atoms with E-state index in [1.54, 1.807) is 0 Å². The zero-order valence-corrected chi connectivity index (χ0v) is 14.4. The third kappa shape index (κ3) is 3.43. The molecule has 1 aliphatic carbocycles. The average molecular weight is 316 g/mol. The second kappa shape index (κ2) is 7.02. The Hall–Kier alpha value is -1.39. The van der Waals surface area contributed by atoms with Crippen molar-refractivity contribution in [2.24, 2.45) is 11.8 Å². The van der Waals surface area contributed by atoms with E-state index >= 15 is 0 Å². The zero-order chi connectivity index (χ0) is 16.4. The SMILES string of the molecule is CCN1CC2CCC(N(C)C)C(C1)C2OC(=O)c1ccccc1. The molecule has 1 aromatic rings. The molecule has 0 aromatic heterocycles. The molecule has 2 aliphatic rings. The Morgan fingerprint density at radius 3 is 2.61 bits per heavy atom. The number of likely N-dealkylation sites (tertiary alicyclic amines) is 1. The van der Waals surface area contributed by atoms with Crippen molar-refractivity contribution in [3.8, 4) is 0 Å². The van der Waals surface area contributed by atoms with E-state index in [2.05, 4.69) is 30.8 Å². The summed E-state index contributed by atoms with van der Waals surface area (Å²) in [6.45, 7) is 5.38. The number of hydrogen-bond donors (Lipinski definition) is 0. The summed E-state index contributed by atoms with van der Waals surface area (Å²) in [5, 5.41) is 0. The minimum atomic E-state index is -0.171. The monoisotopic (exact) mass is 316 g/mol. The van der Waals surface area contributed by atoms with Crippen LogP contribution in [0.3, 0.4) is 0 Å². The van der Waals surface area contributed by atoms with Gasteiger partial charge in [0, 0.05) is 31.0 Å². The van der Waals surface area contributed by atoms with Crippen LogP contribution in [0.4, 0.5) is 0 Å². The molecular formula is C19H28N2O2. The van der Waals surface area contributed by atoms with Crippen LogP contribution >= 0.6 is 0 Å². The van der Waals surface area contributed by atoms with Crippen molar-refractivity contribution in [3.05, 3.63) is 35.9 Å². The number of esters is 1. The lowest BCUT2D eigenvalue weighted by Crippen LogP contribution is -2.60. The molecule has 2 fully saturated rings. The van der Waals surface area contributed by atoms with Gasteiger partial charge in [-0.1, -0.05) is 25.1 Å². The highest BCUT2D eigenvalue weighted by Gasteiger charge is 2.46. The van der Waals surface area contributed by atoms with Gasteiger partial charge in [0.15, 0.2) is 0 Å². The van der Waals surface area contributed by atoms with Gasteiger partial charge in [0.05, 0.1) is 5.56 Å². The van der Waals surface area contributed by atoms with Gasteiger partial charge in [0.25, 0.3) is 0 Å². The predicted molar refractivity (Wildman–Crippen MR) is 91.4 cm³/mol. The molecule has 0 spiro atoms. The standard InChI is InChI=1S/C19H28N2O2/c1-4-21-12-15-10-11-17(20(2)3)16(13-21)18(15)23-19(22)14-8-6-5-7-9-14/h5-9,15-18H,4,10-13H2,1-3H3. The van der Waals surface area contributed by atoms with Gasteiger partial charge in [-0.15, -0.1) is 0 Å². The van der Waals surface area contributed by atoms with Gasteiger partial charge in [0.1, 0.15) is 6.10 Å². The first kappa shape index (κ1) is 16.5. The molecule has 4 heteroatoms. The number of benzene rings is 1. The molecule has 126 valence electrons. The van der Waals surface area contributed by atoms with Gasteiger partial charge in [-0.3, -0.25) is 0 Å². The highest BCUT2D eigenvalue weighted by Crippen LogP contribution is 2.39. The van der Waals surface area contributed by atoms with Crippen LogP contribution in [-0.2, 0) is 4.74 Å². The Balaban J connectivity index is 1.78. The molecule has 1 aromatic carbocycles. The Kier molecular flexibility index (Phi) is 5.02. The van der Waals surface area contributed by atoms with E-state index in [1.807, 2.05) is 30.3 Å². The van der Waals surface area contributed by atoms with Gasteiger partial charge in [-0.2, -0.15) is 0 Å². The maximum atomic E-state index is 12.5. The lowest BCUT2D eigenvalue weighted by molar-refractivity contribution is -0.0910. The summed E-state index contributed by atoms with van der Waals surface area (Å²) >= 11 is 0. The fraction of sp³-hybridized carbons (Fsp3) is 0.632. The number of piperidine rings is 1. The van der Waals surface area contributed by atoms with Crippen LogP contribution in [0.15, 0.2) is 30.3 Å². The first-order valence-corrected chi connectivity index (χ1v) is 8.75. The van der Waals surface area contributed by atoms with Crippen molar-refractivity contribution in [2.75, 3.05) is 33.7 Å². The van der Waals surface area contributed by atoms with Gasteiger partial charge in [0.2, 0.25) is 0 Å². The number of carbonyl (C=O) groups excluding carboxylic acids is 1. The molecule has 23 heavy (non-hydrogen) atoms. The zero-order valence-electron chi connectivity index (χ0n) is 14.4. The smallest absolute Gasteiger partial charge is 0.338 e. The molecule has 1 heterocycles. The van der Waals surface area contributed by atoms with Gasteiger partial charge in [-0.25, -0.2) is 4.79 Å². The van der Waals surface area contributed by atoms with Gasteiger partial charge in [-0.05, 0) is 45.6 Å². The van der Waals surface area contributed by atoms with Crippen LogP contribution in [-0.4, -0.2) is 61.6 Å². The molecular weight excluding hydrogens is 288 g/mol. The van der Waals surface area contributed by atoms with E-state index in [-0.39, 0.29) is 12.1 Å². The van der Waals surface area contributed by atoms with Crippen LogP contribution < -0.4 is 0 Å². The quantitative estimate of drug-likeness (QED) is 0.799. The molecule has 1 saturated carbocycles. The third-order valence-corrected chi connectivity index (χ3v) is 5.54. The summed E-state index contributed by atoms with van der Waals surface area (Å²) in [5.41, 5.74) is 0.657. The van der Waals surface area contributed by atoms with E-state index in [9.17, 15) is 4.79 Å². The topological polar surface area (TPSA) is 32.8 Å². The van der Waals surface area contributed by atoms with Crippen molar-refractivity contribution in [3.63, 3.8) is 0 Å². The Morgan fingerprint density at radius 1 is 1.22 bits per heavy atom. The molecule has 4 atom stereocenters. The fourth-order valence-electron chi connectivity index (χ4n) is 4.31. The summed E-state index contributed by atoms with van der Waals surface area (Å²) in [6, 6.07) is 9.87. The minimum Gasteiger partial charge on any atom is -0.458 e. The molecule has 1 aliphatic heterocycles. The van der Waals surface area contributed by atoms with E-state index < -0.39 is 0 Å². The fourth-order valence-corrected chi connectivity index (χ4v) is 4.31. The van der Waals surface area contributed by atoms with Crippen LogP contribution in [0.1, 0.15) is 30.1 Å². The van der Waals surface area contributed by atoms with Crippen molar-refractivity contribution >= 4 is 5.97 Å². The van der Waals surface area contributed by atoms with E-state index in [1.165, 1.54) is 6.42 Å². The van der Waals surface area contributed by atoms with E-state index in [0.29, 0.717) is 23.4 Å². The summed E-state index contributed by atoms with van der Waals surface area (Å²) < 4.78 is 6.03. The van der Waals surface area contributed by atoms with E-state index in [4.69, 9.17) is 4.74 Å². The lowest BCUT2D eigenvalue weighted by atomic mass is 9.71. The van der Waals surface area contributed by atoms with Crippen LogP contribution in [0, 0.1) is 11.8 Å². The number of rotatable bonds is 4. The van der Waals surface area contributed by atoms with Crippen molar-refractivity contribution in [2.45, 2.75) is 31.9 Å². The minimum absolute atomic E-state index is 0.0478. The summed E-state index contributed by atoms with van der Waals surface area (Å²) in [4.78, 5) is 17.3. The first-order chi connectivity index (χ1) is 11.1. The Morgan fingerprint density at radius 2 is 1.96 bits per heavy atom. The number of hydrogen-bond acceptors (Lipinski definition) is 4. The number of ether oxygens (including phenoxy) is 1. The Bertz CT molecular complexity index is 531. The number of nitrogens with zero attached hydrogens (tertiary/aromatic N) is 2. The molecule has 0 radical (unpaired) electrons. The largest absolute Gasteiger partial charge is 0.458 e. The molecule has 0 N–H and O–H groups in total. The third-order valence-electron chi connectivity index (χ3n) is 5.54. The predicted octanol–water partition coefficient (Wildman–Crippen LogP) is 2.50. The molecule has 2 bridgehead atoms. The average Bonchev–Trinajstić information content (AvgIpc) is 2.55. The van der Waals surface area contributed by atoms with E-state index in [0.717, 1.165) is 26.1 Å². The van der Waals surface area contributed by atoms with Crippen LogP contribution in [0.25, 0.3) is 0 Å². The molecule has 4 unspecified atom stereocenters. The van der Waals surface area contributed by atoms with Crippen molar-refractivity contribution < 1.29 is 9.53 Å². The first-order valence-electron chi connectivity index (χ1n) is 8.75. The highest BCUT2D eigenvalue weighted by atomic mass is 16.5. The van der Waals surface area contributed by atoms with Crippen molar-refractivity contribution in [1.29, 1.82) is 0 Å². The second-order valence-electron chi connectivity index (χ2n) is 7.12.